The number of alkyl carbamates (subject to hydrolysis) is 1. The number of ether oxygens (including phenoxy) is 1. The highest BCUT2D eigenvalue weighted by molar-refractivity contribution is 5.67. The molecular formula is C18H16N2O3. The fourth-order valence-corrected chi connectivity index (χ4v) is 1.82. The van der Waals surface area contributed by atoms with Crippen LogP contribution in [0.15, 0.2) is 65.7 Å². The number of isocyanates is 1. The lowest BCUT2D eigenvalue weighted by atomic mass is 10.2. The van der Waals surface area contributed by atoms with Crippen LogP contribution in [0.3, 0.4) is 0 Å². The van der Waals surface area contributed by atoms with Crippen LogP contribution in [0.4, 0.5) is 10.5 Å². The third kappa shape index (κ3) is 5.99. The summed E-state index contributed by atoms with van der Waals surface area (Å²) in [7, 11) is 0. The van der Waals surface area contributed by atoms with Gasteiger partial charge in [0.2, 0.25) is 6.08 Å². The van der Waals surface area contributed by atoms with Crippen LogP contribution >= 0.6 is 0 Å². The second-order valence-electron chi connectivity index (χ2n) is 4.64. The molecule has 23 heavy (non-hydrogen) atoms. The van der Waals surface area contributed by atoms with E-state index in [1.54, 1.807) is 12.1 Å². The highest BCUT2D eigenvalue weighted by Crippen LogP contribution is 2.12. The third-order valence-corrected chi connectivity index (χ3v) is 2.96. The smallest absolute Gasteiger partial charge is 0.407 e. The van der Waals surface area contributed by atoms with Crippen LogP contribution in [0.2, 0.25) is 0 Å². The quantitative estimate of drug-likeness (QED) is 0.655. The van der Waals surface area contributed by atoms with Crippen molar-refractivity contribution < 1.29 is 14.3 Å². The number of nitrogens with zero attached hydrogens (tertiary/aromatic N) is 1. The van der Waals surface area contributed by atoms with Crippen molar-refractivity contribution in [2.45, 2.75) is 6.61 Å². The van der Waals surface area contributed by atoms with E-state index in [-0.39, 0.29) is 6.61 Å². The van der Waals surface area contributed by atoms with Gasteiger partial charge in [0.15, 0.2) is 0 Å². The van der Waals surface area contributed by atoms with Crippen LogP contribution < -0.4 is 5.32 Å². The van der Waals surface area contributed by atoms with Crippen molar-refractivity contribution in [3.05, 3.63) is 71.8 Å². The van der Waals surface area contributed by atoms with Gasteiger partial charge in [-0.2, -0.15) is 4.99 Å². The van der Waals surface area contributed by atoms with Crippen LogP contribution in [0.5, 0.6) is 0 Å². The van der Waals surface area contributed by atoms with Gasteiger partial charge in [-0.25, -0.2) is 9.59 Å². The Labute approximate surface area is 134 Å². The number of hydrogen-bond donors (Lipinski definition) is 1. The molecule has 2 aromatic rings. The zero-order valence-electron chi connectivity index (χ0n) is 12.4. The molecule has 2 rings (SSSR count). The first-order chi connectivity index (χ1) is 11.3. The minimum Gasteiger partial charge on any atom is -0.445 e. The minimum atomic E-state index is -0.464. The van der Waals surface area contributed by atoms with Crippen molar-refractivity contribution in [3.63, 3.8) is 0 Å². The van der Waals surface area contributed by atoms with Gasteiger partial charge in [-0.15, -0.1) is 0 Å². The molecule has 0 aliphatic carbocycles. The fraction of sp³-hybridized carbons (Fsp3) is 0.111. The Morgan fingerprint density at radius 3 is 2.57 bits per heavy atom. The van der Waals surface area contributed by atoms with Crippen LogP contribution in [0.25, 0.3) is 6.08 Å². The molecule has 5 heteroatoms. The molecular weight excluding hydrogens is 292 g/mol. The Balaban J connectivity index is 1.71. The Morgan fingerprint density at radius 2 is 1.87 bits per heavy atom. The van der Waals surface area contributed by atoms with Gasteiger partial charge in [0.1, 0.15) is 6.61 Å². The summed E-state index contributed by atoms with van der Waals surface area (Å²) >= 11 is 0. The lowest BCUT2D eigenvalue weighted by molar-refractivity contribution is 0.141. The first-order valence-electron chi connectivity index (χ1n) is 7.07. The van der Waals surface area contributed by atoms with E-state index in [9.17, 15) is 9.59 Å². The Hall–Kier alpha value is -3.17. The number of rotatable bonds is 6. The monoisotopic (exact) mass is 308 g/mol. The molecule has 0 spiro atoms. The Bertz CT molecular complexity index is 703. The zero-order valence-corrected chi connectivity index (χ0v) is 12.4. The summed E-state index contributed by atoms with van der Waals surface area (Å²) in [6.07, 6.45) is 4.68. The van der Waals surface area contributed by atoms with Gasteiger partial charge in [-0.1, -0.05) is 54.6 Å². The van der Waals surface area contributed by atoms with E-state index >= 15 is 0 Å². The molecule has 0 atom stereocenters. The fourth-order valence-electron chi connectivity index (χ4n) is 1.82. The minimum absolute atomic E-state index is 0.245. The molecule has 0 radical (unpaired) electrons. The highest BCUT2D eigenvalue weighted by atomic mass is 16.5. The molecule has 0 aliphatic heterocycles. The SMILES string of the molecule is O=C=Nc1ccc(C=CCNC(=O)OCc2ccccc2)cc1. The van der Waals surface area contributed by atoms with Gasteiger partial charge in [-0.3, -0.25) is 0 Å². The average Bonchev–Trinajstić information content (AvgIpc) is 2.59. The molecule has 116 valence electrons. The molecule has 0 bridgehead atoms. The molecule has 0 aliphatic rings. The average molecular weight is 308 g/mol. The predicted octanol–water partition coefficient (Wildman–Crippen LogP) is 3.59. The molecule has 0 fully saturated rings. The van der Waals surface area contributed by atoms with E-state index in [4.69, 9.17) is 4.74 Å². The highest BCUT2D eigenvalue weighted by Gasteiger charge is 2.00. The maximum absolute atomic E-state index is 11.5. The van der Waals surface area contributed by atoms with Crippen molar-refractivity contribution in [3.8, 4) is 0 Å². The summed E-state index contributed by atoms with van der Waals surface area (Å²) in [4.78, 5) is 25.2. The number of carbonyl (C=O) groups is 1. The standard InChI is InChI=1S/C18H16N2O3/c21-14-20-17-10-8-15(9-11-17)7-4-12-19-18(22)23-13-16-5-2-1-3-6-16/h1-11H,12-13H2,(H,19,22). The second kappa shape index (κ2) is 8.97. The summed E-state index contributed by atoms with van der Waals surface area (Å²) in [5.41, 5.74) is 2.44. The number of carbonyl (C=O) groups excluding carboxylic acids is 2. The van der Waals surface area contributed by atoms with E-state index in [2.05, 4.69) is 10.3 Å². The van der Waals surface area contributed by atoms with Gasteiger partial charge in [0, 0.05) is 6.54 Å². The van der Waals surface area contributed by atoms with Crippen molar-refractivity contribution in [1.82, 2.24) is 5.32 Å². The van der Waals surface area contributed by atoms with Gasteiger partial charge < -0.3 is 10.1 Å². The van der Waals surface area contributed by atoms with Gasteiger partial charge in [-0.05, 0) is 23.3 Å². The summed E-state index contributed by atoms with van der Waals surface area (Å²) in [6, 6.07) is 16.6. The molecule has 2 aromatic carbocycles. The van der Waals surface area contributed by atoms with Crippen molar-refractivity contribution in [1.29, 1.82) is 0 Å². The maximum Gasteiger partial charge on any atom is 0.407 e. The van der Waals surface area contributed by atoms with Gasteiger partial charge in [0.05, 0.1) is 5.69 Å². The summed E-state index contributed by atoms with van der Waals surface area (Å²) in [6.45, 7) is 0.608. The molecule has 0 aromatic heterocycles. The number of nitrogens with one attached hydrogen (secondary N) is 1. The van der Waals surface area contributed by atoms with Crippen molar-refractivity contribution >= 4 is 23.9 Å². The molecule has 0 saturated heterocycles. The lowest BCUT2D eigenvalue weighted by Gasteiger charge is -2.05. The van der Waals surface area contributed by atoms with Crippen molar-refractivity contribution in [2.75, 3.05) is 6.54 Å². The second-order valence-corrected chi connectivity index (χ2v) is 4.64. The maximum atomic E-state index is 11.5. The van der Waals surface area contributed by atoms with Gasteiger partial charge >= 0.3 is 6.09 Å². The zero-order chi connectivity index (χ0) is 16.3. The van der Waals surface area contributed by atoms with E-state index < -0.39 is 6.09 Å². The molecule has 0 unspecified atom stereocenters. The van der Waals surface area contributed by atoms with Gasteiger partial charge in [0.25, 0.3) is 0 Å². The van der Waals surface area contributed by atoms with E-state index in [1.165, 1.54) is 6.08 Å². The summed E-state index contributed by atoms with van der Waals surface area (Å²) in [5.74, 6) is 0. The molecule has 1 N–H and O–H groups in total. The third-order valence-electron chi connectivity index (χ3n) is 2.96. The van der Waals surface area contributed by atoms with E-state index in [0.29, 0.717) is 12.2 Å². The Morgan fingerprint density at radius 1 is 1.13 bits per heavy atom. The van der Waals surface area contributed by atoms with Crippen LogP contribution in [0, 0.1) is 0 Å². The van der Waals surface area contributed by atoms with Crippen LogP contribution in [0.1, 0.15) is 11.1 Å². The van der Waals surface area contributed by atoms with E-state index in [1.807, 2.05) is 54.6 Å². The summed E-state index contributed by atoms with van der Waals surface area (Å²) < 4.78 is 5.09. The topological polar surface area (TPSA) is 67.8 Å². The number of amides is 1. The normalized spacial score (nSPS) is 10.1. The van der Waals surface area contributed by atoms with E-state index in [0.717, 1.165) is 11.1 Å². The number of aliphatic imine (C=N–C) groups is 1. The first kappa shape index (κ1) is 16.2. The number of benzene rings is 2. The molecule has 0 saturated carbocycles. The largest absolute Gasteiger partial charge is 0.445 e. The van der Waals surface area contributed by atoms with Crippen molar-refractivity contribution in [2.24, 2.45) is 4.99 Å². The predicted molar refractivity (Wildman–Crippen MR) is 87.9 cm³/mol. The Kier molecular flexibility index (Phi) is 6.32. The lowest BCUT2D eigenvalue weighted by Crippen LogP contribution is -2.24. The molecule has 5 nitrogen and oxygen atoms in total. The van der Waals surface area contributed by atoms with Crippen LogP contribution in [-0.4, -0.2) is 18.7 Å². The molecule has 1 amide bonds. The number of hydrogen-bond acceptors (Lipinski definition) is 4. The van der Waals surface area contributed by atoms with Crippen LogP contribution in [-0.2, 0) is 16.1 Å². The summed E-state index contributed by atoms with van der Waals surface area (Å²) in [5, 5.41) is 2.64. The molecule has 0 heterocycles. The first-order valence-corrected chi connectivity index (χ1v) is 7.07.